The number of fused-ring (bicyclic) bond motifs is 3. The number of carbonyl (C=O) groups excluding carboxylic acids is 1. The van der Waals surface area contributed by atoms with E-state index in [1.165, 1.54) is 0 Å². The molecule has 3 heterocycles. The summed E-state index contributed by atoms with van der Waals surface area (Å²) in [6.45, 7) is 1.98. The van der Waals surface area contributed by atoms with Crippen LogP contribution >= 0.6 is 0 Å². The first-order valence-electron chi connectivity index (χ1n) is 9.22. The maximum absolute atomic E-state index is 12.9. The van der Waals surface area contributed by atoms with Crippen molar-refractivity contribution in [2.75, 3.05) is 5.32 Å². The molecule has 2 aromatic carbocycles. The van der Waals surface area contributed by atoms with Crippen molar-refractivity contribution >= 4 is 44.4 Å². The Bertz CT molecular complexity index is 1410. The predicted molar refractivity (Wildman–Crippen MR) is 113 cm³/mol. The van der Waals surface area contributed by atoms with E-state index in [2.05, 4.69) is 20.5 Å². The summed E-state index contributed by atoms with van der Waals surface area (Å²) < 4.78 is 1.87. The van der Waals surface area contributed by atoms with Crippen molar-refractivity contribution < 1.29 is 4.79 Å². The average molecular weight is 383 g/mol. The van der Waals surface area contributed by atoms with Crippen LogP contribution in [0.4, 0.5) is 5.69 Å². The van der Waals surface area contributed by atoms with Crippen molar-refractivity contribution in [2.45, 2.75) is 13.5 Å². The maximum atomic E-state index is 12.9. The highest BCUT2D eigenvalue weighted by Gasteiger charge is 2.13. The van der Waals surface area contributed by atoms with Gasteiger partial charge in [-0.15, -0.1) is 0 Å². The number of hydrogen-bond acceptors (Lipinski definition) is 4. The molecule has 0 aliphatic heterocycles. The van der Waals surface area contributed by atoms with Gasteiger partial charge in [0.2, 0.25) is 5.91 Å². The topological polar surface area (TPSA) is 92.7 Å². The summed E-state index contributed by atoms with van der Waals surface area (Å²) in [5.74, 6) is -0.203. The lowest BCUT2D eigenvalue weighted by Crippen LogP contribution is -2.21. The van der Waals surface area contributed by atoms with Crippen LogP contribution < -0.4 is 10.7 Å². The van der Waals surface area contributed by atoms with Crippen LogP contribution in [0.15, 0.2) is 65.6 Å². The Morgan fingerprint density at radius 1 is 1.03 bits per heavy atom. The quantitative estimate of drug-likeness (QED) is 0.467. The van der Waals surface area contributed by atoms with Gasteiger partial charge in [0.1, 0.15) is 6.54 Å². The normalized spacial score (nSPS) is 11.3. The molecule has 7 nitrogen and oxygen atoms in total. The van der Waals surface area contributed by atoms with E-state index in [0.717, 1.165) is 22.1 Å². The summed E-state index contributed by atoms with van der Waals surface area (Å²) in [7, 11) is 0. The second-order valence-corrected chi connectivity index (χ2v) is 6.94. The molecule has 0 unspecified atom stereocenters. The van der Waals surface area contributed by atoms with Crippen molar-refractivity contribution in [3.8, 4) is 0 Å². The molecule has 7 heteroatoms. The monoisotopic (exact) mass is 383 g/mol. The first-order valence-corrected chi connectivity index (χ1v) is 9.22. The third-order valence-electron chi connectivity index (χ3n) is 5.06. The second kappa shape index (κ2) is 6.56. The molecule has 0 atom stereocenters. The van der Waals surface area contributed by atoms with E-state index in [0.29, 0.717) is 22.1 Å². The molecular formula is C22H17N5O2. The zero-order valence-electron chi connectivity index (χ0n) is 15.6. The number of aromatic nitrogens is 4. The van der Waals surface area contributed by atoms with Crippen LogP contribution in [0.5, 0.6) is 0 Å². The van der Waals surface area contributed by atoms with E-state index in [4.69, 9.17) is 0 Å². The number of nitrogens with one attached hydrogen (secondary N) is 2. The zero-order chi connectivity index (χ0) is 20.0. The van der Waals surface area contributed by atoms with Gasteiger partial charge in [-0.3, -0.25) is 14.7 Å². The molecule has 0 aliphatic rings. The molecule has 5 aromatic rings. The summed E-state index contributed by atoms with van der Waals surface area (Å²) in [6, 6.07) is 16.5. The lowest BCUT2D eigenvalue weighted by atomic mass is 10.1. The highest BCUT2D eigenvalue weighted by atomic mass is 16.2. The van der Waals surface area contributed by atoms with Gasteiger partial charge < -0.3 is 9.88 Å². The average Bonchev–Trinajstić information content (AvgIpc) is 3.11. The highest BCUT2D eigenvalue weighted by Crippen LogP contribution is 2.20. The number of hydrogen-bond donors (Lipinski definition) is 2. The van der Waals surface area contributed by atoms with Crippen molar-refractivity contribution in [3.63, 3.8) is 0 Å². The Balaban J connectivity index is 1.56. The Morgan fingerprint density at radius 2 is 1.69 bits per heavy atom. The standard InChI is InChI=1S/C22H17N5O2/c1-13-17-10-14(11-23-22(17)26-25-13)24-20(28)12-27-18-8-4-2-6-15(18)21(29)16-7-3-5-9-19(16)27/h2-11H,12H2,1H3,(H,24,28)(H,23,25,26). The number of pyridine rings is 2. The number of benzene rings is 2. The van der Waals surface area contributed by atoms with Crippen molar-refractivity contribution in [1.29, 1.82) is 0 Å². The number of anilines is 1. The lowest BCUT2D eigenvalue weighted by Gasteiger charge is -2.15. The Labute approximate surface area is 165 Å². The third-order valence-corrected chi connectivity index (χ3v) is 5.06. The Hall–Kier alpha value is -4.00. The summed E-state index contributed by atoms with van der Waals surface area (Å²) in [6.07, 6.45) is 1.59. The maximum Gasteiger partial charge on any atom is 0.244 e. The fourth-order valence-electron chi connectivity index (χ4n) is 3.68. The van der Waals surface area contributed by atoms with Crippen LogP contribution in [0.3, 0.4) is 0 Å². The van der Waals surface area contributed by atoms with E-state index >= 15 is 0 Å². The first kappa shape index (κ1) is 17.1. The number of nitrogens with zero attached hydrogens (tertiary/aromatic N) is 3. The minimum absolute atomic E-state index is 0.0297. The third kappa shape index (κ3) is 2.84. The van der Waals surface area contributed by atoms with E-state index in [-0.39, 0.29) is 17.9 Å². The minimum Gasteiger partial charge on any atom is -0.331 e. The van der Waals surface area contributed by atoms with Crippen LogP contribution in [-0.4, -0.2) is 25.7 Å². The number of para-hydroxylation sites is 2. The summed E-state index contributed by atoms with van der Waals surface area (Å²) >= 11 is 0. The lowest BCUT2D eigenvalue weighted by molar-refractivity contribution is -0.116. The van der Waals surface area contributed by atoms with E-state index in [9.17, 15) is 9.59 Å². The second-order valence-electron chi connectivity index (χ2n) is 6.94. The van der Waals surface area contributed by atoms with Crippen LogP contribution in [0, 0.1) is 6.92 Å². The number of aromatic amines is 1. The van der Waals surface area contributed by atoms with Crippen LogP contribution in [-0.2, 0) is 11.3 Å². The Kier molecular flexibility index (Phi) is 3.87. The molecule has 0 radical (unpaired) electrons. The van der Waals surface area contributed by atoms with Crippen molar-refractivity contribution in [2.24, 2.45) is 0 Å². The van der Waals surface area contributed by atoms with Gasteiger partial charge in [-0.1, -0.05) is 24.3 Å². The van der Waals surface area contributed by atoms with E-state index in [1.54, 1.807) is 18.3 Å². The summed E-state index contributed by atoms with van der Waals surface area (Å²) in [5, 5.41) is 11.9. The summed E-state index contributed by atoms with van der Waals surface area (Å²) in [5.41, 5.74) is 3.52. The van der Waals surface area contributed by atoms with Crippen LogP contribution in [0.2, 0.25) is 0 Å². The highest BCUT2D eigenvalue weighted by molar-refractivity contribution is 5.97. The molecule has 3 aromatic heterocycles. The van der Waals surface area contributed by atoms with Gasteiger partial charge in [-0.2, -0.15) is 5.10 Å². The molecule has 5 rings (SSSR count). The van der Waals surface area contributed by atoms with Gasteiger partial charge in [0.15, 0.2) is 11.1 Å². The number of amides is 1. The molecule has 0 bridgehead atoms. The van der Waals surface area contributed by atoms with Gasteiger partial charge in [-0.05, 0) is 37.3 Å². The van der Waals surface area contributed by atoms with Crippen molar-refractivity contribution in [1.82, 2.24) is 19.7 Å². The fourth-order valence-corrected chi connectivity index (χ4v) is 3.68. The molecule has 1 amide bonds. The molecule has 0 saturated carbocycles. The minimum atomic E-state index is -0.203. The number of H-pyrrole nitrogens is 1. The first-order chi connectivity index (χ1) is 14.1. The smallest absolute Gasteiger partial charge is 0.244 e. The zero-order valence-corrected chi connectivity index (χ0v) is 15.6. The molecule has 29 heavy (non-hydrogen) atoms. The molecule has 142 valence electrons. The molecule has 0 saturated heterocycles. The van der Waals surface area contributed by atoms with Crippen molar-refractivity contribution in [3.05, 3.63) is 76.7 Å². The molecule has 0 spiro atoms. The SMILES string of the molecule is Cc1[nH]nc2ncc(NC(=O)Cn3c4ccccc4c(=O)c4ccccc43)cc12. The van der Waals surface area contributed by atoms with Gasteiger partial charge >= 0.3 is 0 Å². The number of carbonyl (C=O) groups is 1. The fraction of sp³-hybridized carbons (Fsp3) is 0.0909. The van der Waals surface area contributed by atoms with E-state index in [1.807, 2.05) is 54.0 Å². The molecule has 0 aliphatic carbocycles. The van der Waals surface area contributed by atoms with E-state index < -0.39 is 0 Å². The largest absolute Gasteiger partial charge is 0.331 e. The predicted octanol–water partition coefficient (Wildman–Crippen LogP) is 3.37. The van der Waals surface area contributed by atoms with Gasteiger partial charge in [-0.25, -0.2) is 4.98 Å². The van der Waals surface area contributed by atoms with Crippen LogP contribution in [0.1, 0.15) is 5.69 Å². The molecular weight excluding hydrogens is 366 g/mol. The molecule has 2 N–H and O–H groups in total. The molecule has 0 fully saturated rings. The van der Waals surface area contributed by atoms with Gasteiger partial charge in [0.05, 0.1) is 22.9 Å². The van der Waals surface area contributed by atoms with Gasteiger partial charge in [0.25, 0.3) is 0 Å². The number of rotatable bonds is 3. The Morgan fingerprint density at radius 3 is 2.38 bits per heavy atom. The number of aryl methyl sites for hydroxylation is 1. The summed E-state index contributed by atoms with van der Waals surface area (Å²) in [4.78, 5) is 29.9. The van der Waals surface area contributed by atoms with Gasteiger partial charge in [0, 0.05) is 21.9 Å². The van der Waals surface area contributed by atoms with Crippen LogP contribution in [0.25, 0.3) is 32.8 Å².